The number of anilines is 1. The van der Waals surface area contributed by atoms with Gasteiger partial charge in [0.15, 0.2) is 0 Å². The number of phenols is 1. The number of halogens is 2. The quantitative estimate of drug-likeness (QED) is 0.661. The van der Waals surface area contributed by atoms with Crippen LogP contribution in [0, 0.1) is 10.1 Å². The van der Waals surface area contributed by atoms with E-state index in [-0.39, 0.29) is 32.7 Å². The van der Waals surface area contributed by atoms with E-state index >= 15 is 0 Å². The molecule has 0 aliphatic carbocycles. The van der Waals surface area contributed by atoms with Crippen molar-refractivity contribution in [3.63, 3.8) is 0 Å². The molecule has 0 aliphatic rings. The van der Waals surface area contributed by atoms with E-state index in [0.29, 0.717) is 0 Å². The Morgan fingerprint density at radius 3 is 2.57 bits per heavy atom. The summed E-state index contributed by atoms with van der Waals surface area (Å²) in [5, 5.41) is 23.1. The van der Waals surface area contributed by atoms with E-state index in [0.717, 1.165) is 6.07 Å². The summed E-state index contributed by atoms with van der Waals surface area (Å²) in [5.74, 6) is -0.948. The van der Waals surface area contributed by atoms with Crippen molar-refractivity contribution < 1.29 is 14.8 Å². The fourth-order valence-electron chi connectivity index (χ4n) is 1.60. The van der Waals surface area contributed by atoms with Gasteiger partial charge in [-0.3, -0.25) is 14.9 Å². The number of benzene rings is 2. The Kier molecular flexibility index (Phi) is 4.30. The zero-order valence-electron chi connectivity index (χ0n) is 10.3. The number of nitro benzene ring substituents is 1. The van der Waals surface area contributed by atoms with Gasteiger partial charge in [0.2, 0.25) is 0 Å². The largest absolute Gasteiger partial charge is 0.507 e. The second kappa shape index (κ2) is 5.99. The summed E-state index contributed by atoms with van der Waals surface area (Å²) in [6.45, 7) is 0. The van der Waals surface area contributed by atoms with Crippen LogP contribution in [0.3, 0.4) is 0 Å². The summed E-state index contributed by atoms with van der Waals surface area (Å²) in [6, 6.07) is 7.61. The van der Waals surface area contributed by atoms with E-state index in [4.69, 9.17) is 23.2 Å². The zero-order chi connectivity index (χ0) is 15.6. The lowest BCUT2D eigenvalue weighted by Crippen LogP contribution is -2.12. The molecule has 8 heteroatoms. The molecule has 2 rings (SSSR count). The lowest BCUT2D eigenvalue weighted by atomic mass is 10.2. The fraction of sp³-hybridized carbons (Fsp3) is 0. The van der Waals surface area contributed by atoms with Gasteiger partial charge in [-0.05, 0) is 24.3 Å². The van der Waals surface area contributed by atoms with Crippen LogP contribution in [0.2, 0.25) is 10.0 Å². The summed E-state index contributed by atoms with van der Waals surface area (Å²) in [6.07, 6.45) is 0. The molecule has 0 aliphatic heterocycles. The van der Waals surface area contributed by atoms with E-state index in [1.54, 1.807) is 0 Å². The maximum Gasteiger partial charge on any atom is 0.271 e. The van der Waals surface area contributed by atoms with Crippen molar-refractivity contribution in [2.24, 2.45) is 0 Å². The normalized spacial score (nSPS) is 10.2. The standard InChI is InChI=1S/C13H8Cl2N2O4/c14-7-1-4-12(18)9(5-7)13(19)16-11-6-8(17(20)21)2-3-10(11)15/h1-6,18H,(H,16,19). The highest BCUT2D eigenvalue weighted by molar-refractivity contribution is 6.34. The highest BCUT2D eigenvalue weighted by Crippen LogP contribution is 2.28. The second-order valence-electron chi connectivity index (χ2n) is 4.04. The highest BCUT2D eigenvalue weighted by Gasteiger charge is 2.16. The summed E-state index contributed by atoms with van der Waals surface area (Å²) < 4.78 is 0. The maximum atomic E-state index is 12.1. The predicted octanol–water partition coefficient (Wildman–Crippen LogP) is 3.86. The minimum absolute atomic E-state index is 0.0647. The molecule has 0 heterocycles. The van der Waals surface area contributed by atoms with Gasteiger partial charge >= 0.3 is 0 Å². The lowest BCUT2D eigenvalue weighted by molar-refractivity contribution is -0.384. The van der Waals surface area contributed by atoms with Crippen LogP contribution in [0.4, 0.5) is 11.4 Å². The van der Waals surface area contributed by atoms with Crippen LogP contribution in [0.15, 0.2) is 36.4 Å². The maximum absolute atomic E-state index is 12.1. The third-order valence-corrected chi connectivity index (χ3v) is 3.18. The number of hydrogen-bond donors (Lipinski definition) is 2. The van der Waals surface area contributed by atoms with Gasteiger partial charge in [-0.25, -0.2) is 0 Å². The van der Waals surface area contributed by atoms with Gasteiger partial charge in [0, 0.05) is 17.2 Å². The Bertz CT molecular complexity index is 734. The van der Waals surface area contributed by atoms with Gasteiger partial charge in [0.05, 0.1) is 21.2 Å². The average Bonchev–Trinajstić information content (AvgIpc) is 2.43. The Morgan fingerprint density at radius 1 is 1.19 bits per heavy atom. The summed E-state index contributed by atoms with van der Waals surface area (Å²) in [5.41, 5.74) is -0.217. The third kappa shape index (κ3) is 3.42. The molecule has 0 unspecified atom stereocenters. The van der Waals surface area contributed by atoms with Crippen molar-refractivity contribution in [2.75, 3.05) is 5.32 Å². The topological polar surface area (TPSA) is 92.5 Å². The number of carbonyl (C=O) groups is 1. The third-order valence-electron chi connectivity index (χ3n) is 2.61. The first-order chi connectivity index (χ1) is 9.88. The van der Waals surface area contributed by atoms with Crippen LogP contribution in [-0.4, -0.2) is 15.9 Å². The Balaban J connectivity index is 2.33. The second-order valence-corrected chi connectivity index (χ2v) is 4.88. The number of hydrogen-bond acceptors (Lipinski definition) is 4. The molecular formula is C13H8Cl2N2O4. The van der Waals surface area contributed by atoms with Gasteiger partial charge in [0.25, 0.3) is 11.6 Å². The van der Waals surface area contributed by atoms with Gasteiger partial charge < -0.3 is 10.4 Å². The molecule has 2 aromatic rings. The van der Waals surface area contributed by atoms with Gasteiger partial charge in [0.1, 0.15) is 5.75 Å². The van der Waals surface area contributed by atoms with E-state index in [9.17, 15) is 20.0 Å². The van der Waals surface area contributed by atoms with Crippen molar-refractivity contribution in [1.29, 1.82) is 0 Å². The molecule has 0 fully saturated rings. The number of amides is 1. The van der Waals surface area contributed by atoms with Crippen molar-refractivity contribution in [1.82, 2.24) is 0 Å². The van der Waals surface area contributed by atoms with E-state index in [1.807, 2.05) is 0 Å². The first-order valence-electron chi connectivity index (χ1n) is 5.62. The number of nitrogens with zero attached hydrogens (tertiary/aromatic N) is 1. The molecule has 0 atom stereocenters. The summed E-state index contributed by atoms with van der Waals surface area (Å²) in [7, 11) is 0. The molecule has 0 aromatic heterocycles. The first kappa shape index (κ1) is 15.1. The van der Waals surface area contributed by atoms with Crippen molar-refractivity contribution in [3.05, 3.63) is 62.1 Å². The number of nitrogens with one attached hydrogen (secondary N) is 1. The number of nitro groups is 1. The van der Waals surface area contributed by atoms with Gasteiger partial charge in [-0.2, -0.15) is 0 Å². The average molecular weight is 327 g/mol. The van der Waals surface area contributed by atoms with Crippen molar-refractivity contribution in [2.45, 2.75) is 0 Å². The molecule has 21 heavy (non-hydrogen) atoms. The molecule has 6 nitrogen and oxygen atoms in total. The van der Waals surface area contributed by atoms with Crippen LogP contribution in [-0.2, 0) is 0 Å². The SMILES string of the molecule is O=C(Nc1cc([N+](=O)[O-])ccc1Cl)c1cc(Cl)ccc1O. The molecule has 2 N–H and O–H groups in total. The van der Waals surface area contributed by atoms with Gasteiger partial charge in [-0.1, -0.05) is 23.2 Å². The molecule has 1 amide bonds. The number of rotatable bonds is 3. The van der Waals surface area contributed by atoms with Crippen LogP contribution >= 0.6 is 23.2 Å². The molecule has 0 saturated carbocycles. The van der Waals surface area contributed by atoms with Gasteiger partial charge in [-0.15, -0.1) is 0 Å². The zero-order valence-corrected chi connectivity index (χ0v) is 11.9. The number of phenolic OH excluding ortho intramolecular Hbond substituents is 1. The van der Waals surface area contributed by atoms with E-state index < -0.39 is 10.8 Å². The molecule has 108 valence electrons. The smallest absolute Gasteiger partial charge is 0.271 e. The Labute approximate surface area is 129 Å². The Hall–Kier alpha value is -2.31. The van der Waals surface area contributed by atoms with Crippen LogP contribution in [0.5, 0.6) is 5.75 Å². The number of carbonyl (C=O) groups excluding carboxylic acids is 1. The molecule has 0 saturated heterocycles. The van der Waals surface area contributed by atoms with Crippen LogP contribution in [0.25, 0.3) is 0 Å². The molecule has 0 radical (unpaired) electrons. The number of aromatic hydroxyl groups is 1. The van der Waals surface area contributed by atoms with Crippen LogP contribution < -0.4 is 5.32 Å². The monoisotopic (exact) mass is 326 g/mol. The number of non-ortho nitro benzene ring substituents is 1. The minimum Gasteiger partial charge on any atom is -0.507 e. The van der Waals surface area contributed by atoms with E-state index in [1.165, 1.54) is 30.3 Å². The van der Waals surface area contributed by atoms with Crippen LogP contribution in [0.1, 0.15) is 10.4 Å². The van der Waals surface area contributed by atoms with Crippen molar-refractivity contribution in [3.8, 4) is 5.75 Å². The molecule has 0 spiro atoms. The Morgan fingerprint density at radius 2 is 1.90 bits per heavy atom. The van der Waals surface area contributed by atoms with Crippen molar-refractivity contribution >= 4 is 40.5 Å². The molecular weight excluding hydrogens is 319 g/mol. The minimum atomic E-state index is -0.683. The summed E-state index contributed by atoms with van der Waals surface area (Å²) in [4.78, 5) is 22.2. The molecule has 2 aromatic carbocycles. The van der Waals surface area contributed by atoms with E-state index in [2.05, 4.69) is 5.32 Å². The summed E-state index contributed by atoms with van der Waals surface area (Å²) >= 11 is 11.6. The highest BCUT2D eigenvalue weighted by atomic mass is 35.5. The predicted molar refractivity (Wildman–Crippen MR) is 79.2 cm³/mol. The first-order valence-corrected chi connectivity index (χ1v) is 6.38. The fourth-order valence-corrected chi connectivity index (χ4v) is 1.94. The lowest BCUT2D eigenvalue weighted by Gasteiger charge is -2.08. The molecule has 0 bridgehead atoms.